The molecule has 25 heavy (non-hydrogen) atoms. The summed E-state index contributed by atoms with van der Waals surface area (Å²) in [6.07, 6.45) is 2.17. The van der Waals surface area contributed by atoms with Crippen molar-refractivity contribution in [3.05, 3.63) is 51.4 Å². The Balaban J connectivity index is 2.06. The summed E-state index contributed by atoms with van der Waals surface area (Å²) >= 11 is 1.44. The van der Waals surface area contributed by atoms with Crippen LogP contribution in [0.3, 0.4) is 0 Å². The van der Waals surface area contributed by atoms with Crippen LogP contribution in [0.25, 0.3) is 21.3 Å². The van der Waals surface area contributed by atoms with Gasteiger partial charge in [-0.2, -0.15) is 0 Å². The lowest BCUT2D eigenvalue weighted by atomic mass is 9.99. The smallest absolute Gasteiger partial charge is 0.326 e. The summed E-state index contributed by atoms with van der Waals surface area (Å²) in [5.41, 5.74) is 3.95. The molecule has 2 aromatic heterocycles. The number of carbonyl (C=O) groups is 1. The number of aromatic nitrogens is 2. The van der Waals surface area contributed by atoms with Crippen LogP contribution in [-0.2, 0) is 16.1 Å². The van der Waals surface area contributed by atoms with Crippen LogP contribution in [0.4, 0.5) is 0 Å². The fraction of sp³-hybridized carbons (Fsp3) is 0.316. The maximum absolute atomic E-state index is 12.9. The molecule has 3 rings (SSSR count). The van der Waals surface area contributed by atoms with E-state index < -0.39 is 5.97 Å². The van der Waals surface area contributed by atoms with E-state index in [1.807, 2.05) is 38.3 Å². The molecule has 0 aliphatic rings. The van der Waals surface area contributed by atoms with Gasteiger partial charge in [0, 0.05) is 10.9 Å². The lowest BCUT2D eigenvalue weighted by Crippen LogP contribution is -2.25. The lowest BCUT2D eigenvalue weighted by Gasteiger charge is -2.08. The molecule has 130 valence electrons. The maximum Gasteiger partial charge on any atom is 0.326 e. The van der Waals surface area contributed by atoms with Crippen LogP contribution in [-0.4, -0.2) is 22.1 Å². The normalized spacial score (nSPS) is 11.0. The number of hydrogen-bond donors (Lipinski definition) is 0. The minimum atomic E-state index is -0.423. The van der Waals surface area contributed by atoms with Gasteiger partial charge in [0.1, 0.15) is 11.4 Å². The highest BCUT2D eigenvalue weighted by molar-refractivity contribution is 7.17. The molecular formula is C19H20N2O3S. The van der Waals surface area contributed by atoms with Gasteiger partial charge in [0.2, 0.25) is 0 Å². The van der Waals surface area contributed by atoms with Gasteiger partial charge in [0.25, 0.3) is 5.56 Å². The zero-order valence-corrected chi connectivity index (χ0v) is 15.4. The Bertz CT molecular complexity index is 988. The number of esters is 1. The highest BCUT2D eigenvalue weighted by Crippen LogP contribution is 2.32. The summed E-state index contributed by atoms with van der Waals surface area (Å²) in [4.78, 5) is 29.8. The lowest BCUT2D eigenvalue weighted by molar-refractivity contribution is -0.144. The topological polar surface area (TPSA) is 61.2 Å². The molecular weight excluding hydrogens is 336 g/mol. The second-order valence-electron chi connectivity index (χ2n) is 6.05. The van der Waals surface area contributed by atoms with Crippen LogP contribution >= 0.6 is 11.3 Å². The molecule has 0 saturated carbocycles. The Morgan fingerprint density at radius 1 is 1.28 bits per heavy atom. The standard InChI is InChI=1S/C19H20N2O3S/c1-4-7-24-16(22)9-21-11-20-18-17(19(21)23)15(10-25-18)14-6-5-12(2)8-13(14)3/h5-6,8,10-11H,4,7,9H2,1-3H3. The van der Waals surface area contributed by atoms with E-state index in [-0.39, 0.29) is 12.1 Å². The predicted octanol–water partition coefficient (Wildman–Crippen LogP) is 3.70. The Hall–Kier alpha value is -2.47. The maximum atomic E-state index is 12.9. The monoisotopic (exact) mass is 356 g/mol. The third-order valence-electron chi connectivity index (χ3n) is 4.00. The average molecular weight is 356 g/mol. The van der Waals surface area contributed by atoms with Crippen LogP contribution in [0.15, 0.2) is 34.7 Å². The molecule has 0 aliphatic heterocycles. The summed E-state index contributed by atoms with van der Waals surface area (Å²) in [7, 11) is 0. The number of carbonyl (C=O) groups excluding carboxylic acids is 1. The van der Waals surface area contributed by atoms with E-state index >= 15 is 0 Å². The summed E-state index contributed by atoms with van der Waals surface area (Å²) in [5, 5.41) is 2.51. The molecule has 0 amide bonds. The zero-order valence-electron chi connectivity index (χ0n) is 14.5. The highest BCUT2D eigenvalue weighted by atomic mass is 32.1. The number of fused-ring (bicyclic) bond motifs is 1. The van der Waals surface area contributed by atoms with E-state index in [0.717, 1.165) is 23.1 Å². The third kappa shape index (κ3) is 3.49. The second-order valence-corrected chi connectivity index (χ2v) is 6.90. The van der Waals surface area contributed by atoms with Gasteiger partial charge >= 0.3 is 5.97 Å². The summed E-state index contributed by atoms with van der Waals surface area (Å²) < 4.78 is 6.39. The van der Waals surface area contributed by atoms with Crippen LogP contribution < -0.4 is 5.56 Å². The summed E-state index contributed by atoms with van der Waals surface area (Å²) in [5.74, 6) is -0.423. The number of hydrogen-bond acceptors (Lipinski definition) is 5. The van der Waals surface area contributed by atoms with E-state index in [4.69, 9.17) is 4.74 Å². The quantitative estimate of drug-likeness (QED) is 0.654. The minimum absolute atomic E-state index is 0.121. The van der Waals surface area contributed by atoms with Crippen LogP contribution in [0.5, 0.6) is 0 Å². The molecule has 0 N–H and O–H groups in total. The van der Waals surface area contributed by atoms with E-state index in [2.05, 4.69) is 11.1 Å². The Labute approximate surface area is 149 Å². The molecule has 0 atom stereocenters. The van der Waals surface area contributed by atoms with Gasteiger partial charge in [-0.1, -0.05) is 30.7 Å². The van der Waals surface area contributed by atoms with E-state index in [1.54, 1.807) is 0 Å². The van der Waals surface area contributed by atoms with Crippen molar-refractivity contribution in [1.82, 2.24) is 9.55 Å². The molecule has 5 nitrogen and oxygen atoms in total. The van der Waals surface area contributed by atoms with E-state index in [1.165, 1.54) is 27.8 Å². The van der Waals surface area contributed by atoms with Crippen molar-refractivity contribution in [3.63, 3.8) is 0 Å². The number of rotatable bonds is 5. The van der Waals surface area contributed by atoms with Crippen LogP contribution in [0, 0.1) is 13.8 Å². The average Bonchev–Trinajstić information content (AvgIpc) is 3.00. The largest absolute Gasteiger partial charge is 0.464 e. The summed E-state index contributed by atoms with van der Waals surface area (Å²) in [6, 6.07) is 6.15. The first kappa shape index (κ1) is 17.4. The van der Waals surface area contributed by atoms with Gasteiger partial charge in [-0.3, -0.25) is 14.2 Å². The first-order valence-corrected chi connectivity index (χ1v) is 9.09. The first-order chi connectivity index (χ1) is 12.0. The number of aryl methyl sites for hydroxylation is 2. The van der Waals surface area contributed by atoms with E-state index in [0.29, 0.717) is 16.8 Å². The number of nitrogens with zero attached hydrogens (tertiary/aromatic N) is 2. The molecule has 6 heteroatoms. The fourth-order valence-electron chi connectivity index (χ4n) is 2.79. The number of ether oxygens (including phenoxy) is 1. The van der Waals surface area contributed by atoms with Gasteiger partial charge in [-0.15, -0.1) is 11.3 Å². The van der Waals surface area contributed by atoms with Gasteiger partial charge in [0.05, 0.1) is 18.3 Å². The fourth-order valence-corrected chi connectivity index (χ4v) is 3.69. The van der Waals surface area contributed by atoms with Gasteiger partial charge in [-0.25, -0.2) is 4.98 Å². The molecule has 0 unspecified atom stereocenters. The molecule has 1 aromatic carbocycles. The van der Waals surface area contributed by atoms with E-state index in [9.17, 15) is 9.59 Å². The molecule has 0 fully saturated rings. The molecule has 3 aromatic rings. The van der Waals surface area contributed by atoms with Gasteiger partial charge < -0.3 is 4.74 Å². The Kier molecular flexibility index (Phi) is 4.99. The highest BCUT2D eigenvalue weighted by Gasteiger charge is 2.16. The number of benzene rings is 1. The minimum Gasteiger partial charge on any atom is -0.464 e. The molecule has 0 spiro atoms. The Morgan fingerprint density at radius 3 is 2.80 bits per heavy atom. The SMILES string of the molecule is CCCOC(=O)Cn1cnc2scc(-c3ccc(C)cc3C)c2c1=O. The van der Waals surface area contributed by atoms with Crippen LogP contribution in [0.1, 0.15) is 24.5 Å². The molecule has 0 radical (unpaired) electrons. The van der Waals surface area contributed by atoms with Crippen molar-refractivity contribution in [2.24, 2.45) is 0 Å². The molecule has 2 heterocycles. The van der Waals surface area contributed by atoms with Crippen molar-refractivity contribution in [3.8, 4) is 11.1 Å². The number of thiophene rings is 1. The van der Waals surface area contributed by atoms with Crippen molar-refractivity contribution in [1.29, 1.82) is 0 Å². The predicted molar refractivity (Wildman–Crippen MR) is 100 cm³/mol. The second kappa shape index (κ2) is 7.19. The van der Waals surface area contributed by atoms with Crippen molar-refractivity contribution in [2.75, 3.05) is 6.61 Å². The summed E-state index contributed by atoms with van der Waals surface area (Å²) in [6.45, 7) is 6.23. The van der Waals surface area contributed by atoms with Crippen molar-refractivity contribution < 1.29 is 9.53 Å². The van der Waals surface area contributed by atoms with Gasteiger partial charge in [-0.05, 0) is 31.4 Å². The van der Waals surface area contributed by atoms with Gasteiger partial charge in [0.15, 0.2) is 0 Å². The molecule has 0 saturated heterocycles. The molecule has 0 bridgehead atoms. The van der Waals surface area contributed by atoms with Crippen LogP contribution in [0.2, 0.25) is 0 Å². The third-order valence-corrected chi connectivity index (χ3v) is 4.89. The van der Waals surface area contributed by atoms with Crippen molar-refractivity contribution >= 4 is 27.5 Å². The molecule has 0 aliphatic carbocycles. The first-order valence-electron chi connectivity index (χ1n) is 8.21. The van der Waals surface area contributed by atoms with Crippen molar-refractivity contribution in [2.45, 2.75) is 33.7 Å². The zero-order chi connectivity index (χ0) is 18.0. The Morgan fingerprint density at radius 2 is 2.08 bits per heavy atom.